The van der Waals surface area contributed by atoms with Crippen LogP contribution in [0.15, 0.2) is 18.2 Å². The van der Waals surface area contributed by atoms with Crippen LogP contribution in [0.25, 0.3) is 0 Å². The summed E-state index contributed by atoms with van der Waals surface area (Å²) >= 11 is 5.87. The quantitative estimate of drug-likeness (QED) is 0.675. The number of nitrogens with one attached hydrogen (secondary N) is 1. The van der Waals surface area contributed by atoms with Gasteiger partial charge in [-0.25, -0.2) is 4.79 Å². The first kappa shape index (κ1) is 19.3. The third-order valence-electron chi connectivity index (χ3n) is 3.28. The number of aliphatic carboxylic acids is 1. The predicted molar refractivity (Wildman–Crippen MR) is 89.9 cm³/mol. The van der Waals surface area contributed by atoms with Crippen molar-refractivity contribution in [1.82, 2.24) is 5.32 Å². The minimum absolute atomic E-state index is 0.201. The minimum atomic E-state index is -1.000. The van der Waals surface area contributed by atoms with E-state index in [-0.39, 0.29) is 18.2 Å². The largest absolute Gasteiger partial charge is 0.493 e. The van der Waals surface area contributed by atoms with Crippen LogP contribution >= 0.6 is 11.6 Å². The molecule has 0 bridgehead atoms. The maximum atomic E-state index is 11.8. The van der Waals surface area contributed by atoms with Gasteiger partial charge in [0, 0.05) is 11.4 Å². The van der Waals surface area contributed by atoms with E-state index in [0.29, 0.717) is 24.5 Å². The summed E-state index contributed by atoms with van der Waals surface area (Å²) in [5.41, 5.74) is 0.935. The Hall–Kier alpha value is -1.75. The van der Waals surface area contributed by atoms with E-state index in [9.17, 15) is 9.59 Å². The van der Waals surface area contributed by atoms with Crippen molar-refractivity contribution in [2.75, 3.05) is 6.61 Å². The predicted octanol–water partition coefficient (Wildman–Crippen LogP) is 3.42. The van der Waals surface area contributed by atoms with Gasteiger partial charge in [0.25, 0.3) is 0 Å². The third kappa shape index (κ3) is 7.37. The number of carboxylic acids is 1. The van der Waals surface area contributed by atoms with Gasteiger partial charge in [-0.15, -0.1) is 0 Å². The number of benzene rings is 1. The highest BCUT2D eigenvalue weighted by Crippen LogP contribution is 2.21. The van der Waals surface area contributed by atoms with Crippen molar-refractivity contribution in [2.45, 2.75) is 46.1 Å². The minimum Gasteiger partial charge on any atom is -0.493 e. The highest BCUT2D eigenvalue weighted by molar-refractivity contribution is 6.30. The molecule has 0 saturated carbocycles. The Kier molecular flexibility index (Phi) is 7.89. The van der Waals surface area contributed by atoms with E-state index in [1.54, 1.807) is 12.1 Å². The lowest BCUT2D eigenvalue weighted by Gasteiger charge is -2.16. The fourth-order valence-electron chi connectivity index (χ4n) is 2.15. The molecule has 0 unspecified atom stereocenters. The summed E-state index contributed by atoms with van der Waals surface area (Å²) in [6.07, 6.45) is 1.16. The van der Waals surface area contributed by atoms with E-state index in [2.05, 4.69) is 5.32 Å². The number of rotatable bonds is 9. The average molecular weight is 342 g/mol. The van der Waals surface area contributed by atoms with Crippen LogP contribution in [-0.2, 0) is 9.59 Å². The molecule has 0 aromatic heterocycles. The second-order valence-corrected chi connectivity index (χ2v) is 6.39. The van der Waals surface area contributed by atoms with Crippen LogP contribution in [0.3, 0.4) is 0 Å². The molecule has 0 aliphatic carbocycles. The normalized spacial score (nSPS) is 12.0. The van der Waals surface area contributed by atoms with Crippen molar-refractivity contribution in [3.8, 4) is 5.75 Å². The number of halogens is 1. The zero-order valence-corrected chi connectivity index (χ0v) is 14.5. The zero-order valence-electron chi connectivity index (χ0n) is 13.8. The van der Waals surface area contributed by atoms with Gasteiger partial charge in [-0.2, -0.15) is 0 Å². The number of carbonyl (C=O) groups is 2. The van der Waals surface area contributed by atoms with Gasteiger partial charge in [-0.1, -0.05) is 25.4 Å². The lowest BCUT2D eigenvalue weighted by Crippen LogP contribution is -2.41. The Morgan fingerprint density at radius 1 is 1.35 bits per heavy atom. The molecule has 1 atom stereocenters. The molecule has 1 rings (SSSR count). The summed E-state index contributed by atoms with van der Waals surface area (Å²) in [5.74, 6) is -0.333. The van der Waals surface area contributed by atoms with Crippen LogP contribution < -0.4 is 10.1 Å². The second-order valence-electron chi connectivity index (χ2n) is 5.95. The molecule has 0 aliphatic heterocycles. The van der Waals surface area contributed by atoms with Crippen LogP contribution in [0.2, 0.25) is 5.02 Å². The van der Waals surface area contributed by atoms with Crippen molar-refractivity contribution < 1.29 is 19.4 Å². The van der Waals surface area contributed by atoms with Crippen LogP contribution in [-0.4, -0.2) is 29.6 Å². The Labute approximate surface area is 142 Å². The van der Waals surface area contributed by atoms with Crippen LogP contribution in [0.5, 0.6) is 5.75 Å². The number of carboxylic acid groups (broad SMARTS) is 1. The van der Waals surface area contributed by atoms with Crippen LogP contribution in [0.1, 0.15) is 38.7 Å². The van der Waals surface area contributed by atoms with Gasteiger partial charge in [-0.3, -0.25) is 4.79 Å². The molecule has 5 nitrogen and oxygen atoms in total. The number of aryl methyl sites for hydroxylation is 1. The highest BCUT2D eigenvalue weighted by Gasteiger charge is 2.20. The molecular formula is C17H24ClNO4. The van der Waals surface area contributed by atoms with Gasteiger partial charge in [-0.05, 0) is 49.4 Å². The van der Waals surface area contributed by atoms with Gasteiger partial charge in [0.2, 0.25) is 5.91 Å². The smallest absolute Gasteiger partial charge is 0.326 e. The molecule has 1 aromatic carbocycles. The molecule has 128 valence electrons. The Morgan fingerprint density at radius 2 is 2.04 bits per heavy atom. The van der Waals surface area contributed by atoms with Crippen molar-refractivity contribution in [3.05, 3.63) is 28.8 Å². The summed E-state index contributed by atoms with van der Waals surface area (Å²) in [7, 11) is 0. The lowest BCUT2D eigenvalue weighted by molar-refractivity contribution is -0.142. The number of ether oxygens (including phenoxy) is 1. The first-order valence-corrected chi connectivity index (χ1v) is 8.08. The molecule has 0 saturated heterocycles. The van der Waals surface area contributed by atoms with Crippen LogP contribution in [0, 0.1) is 12.8 Å². The summed E-state index contributed by atoms with van der Waals surface area (Å²) in [4.78, 5) is 22.9. The second kappa shape index (κ2) is 9.40. The first-order chi connectivity index (χ1) is 10.8. The molecule has 0 radical (unpaired) electrons. The van der Waals surface area contributed by atoms with Gasteiger partial charge in [0.15, 0.2) is 0 Å². The highest BCUT2D eigenvalue weighted by atomic mass is 35.5. The monoisotopic (exact) mass is 341 g/mol. The fraction of sp³-hybridized carbons (Fsp3) is 0.529. The fourth-order valence-corrected chi connectivity index (χ4v) is 2.38. The Bertz CT molecular complexity index is 545. The first-order valence-electron chi connectivity index (χ1n) is 7.70. The van der Waals surface area contributed by atoms with E-state index in [0.717, 1.165) is 11.3 Å². The molecule has 0 aliphatic rings. The molecule has 0 heterocycles. The van der Waals surface area contributed by atoms with Crippen molar-refractivity contribution in [1.29, 1.82) is 0 Å². The van der Waals surface area contributed by atoms with E-state index < -0.39 is 12.0 Å². The SMILES string of the molecule is Cc1cc(Cl)ccc1OCCCC(=O)N[C@@H](CC(C)C)C(=O)O. The van der Waals surface area contributed by atoms with Crippen molar-refractivity contribution >= 4 is 23.5 Å². The Morgan fingerprint density at radius 3 is 2.61 bits per heavy atom. The molecule has 6 heteroatoms. The summed E-state index contributed by atoms with van der Waals surface area (Å²) in [6.45, 7) is 6.13. The van der Waals surface area contributed by atoms with Gasteiger partial charge in [0.1, 0.15) is 11.8 Å². The molecule has 1 aromatic rings. The lowest BCUT2D eigenvalue weighted by atomic mass is 10.0. The number of carbonyl (C=O) groups excluding carboxylic acids is 1. The van der Waals surface area contributed by atoms with Crippen molar-refractivity contribution in [3.63, 3.8) is 0 Å². The summed E-state index contributed by atoms with van der Waals surface area (Å²) < 4.78 is 5.60. The number of hydrogen-bond acceptors (Lipinski definition) is 3. The average Bonchev–Trinajstić information content (AvgIpc) is 2.44. The standard InChI is InChI=1S/C17H24ClNO4/c1-11(2)9-14(17(21)22)19-16(20)5-4-8-23-15-7-6-13(18)10-12(15)3/h6-7,10-11,14H,4-5,8-9H2,1-3H3,(H,19,20)(H,21,22)/t14-/m0/s1. The van der Waals surface area contributed by atoms with E-state index in [1.807, 2.05) is 26.8 Å². The molecular weight excluding hydrogens is 318 g/mol. The Balaban J connectivity index is 2.34. The maximum absolute atomic E-state index is 11.8. The molecule has 23 heavy (non-hydrogen) atoms. The molecule has 2 N–H and O–H groups in total. The topological polar surface area (TPSA) is 75.6 Å². The third-order valence-corrected chi connectivity index (χ3v) is 3.52. The number of amides is 1. The summed E-state index contributed by atoms with van der Waals surface area (Å²) in [6, 6.07) is 4.52. The van der Waals surface area contributed by atoms with Gasteiger partial charge in [0.05, 0.1) is 6.61 Å². The van der Waals surface area contributed by atoms with Crippen LogP contribution in [0.4, 0.5) is 0 Å². The molecule has 1 amide bonds. The maximum Gasteiger partial charge on any atom is 0.326 e. The van der Waals surface area contributed by atoms with E-state index in [1.165, 1.54) is 0 Å². The van der Waals surface area contributed by atoms with Crippen molar-refractivity contribution in [2.24, 2.45) is 5.92 Å². The van der Waals surface area contributed by atoms with E-state index in [4.69, 9.17) is 21.4 Å². The number of hydrogen-bond donors (Lipinski definition) is 2. The summed E-state index contributed by atoms with van der Waals surface area (Å²) in [5, 5.41) is 12.3. The zero-order chi connectivity index (χ0) is 17.4. The molecule has 0 fully saturated rings. The van der Waals surface area contributed by atoms with E-state index >= 15 is 0 Å². The molecule has 0 spiro atoms. The van der Waals surface area contributed by atoms with Gasteiger partial charge < -0.3 is 15.2 Å². The van der Waals surface area contributed by atoms with Gasteiger partial charge >= 0.3 is 5.97 Å².